The molecule has 1 aromatic rings. The standard InChI is InChI=1S/C9H13NOS/c1-6-5-12-9-8(6)3-7(10-2)4-11-9/h5,7,10H,3-4H2,1-2H3. The quantitative estimate of drug-likeness (QED) is 0.713. The molecule has 0 saturated carbocycles. The monoisotopic (exact) mass is 183 g/mol. The molecule has 12 heavy (non-hydrogen) atoms. The van der Waals surface area contributed by atoms with Crippen molar-refractivity contribution in [1.82, 2.24) is 5.32 Å². The van der Waals surface area contributed by atoms with Crippen molar-refractivity contribution in [3.63, 3.8) is 0 Å². The number of rotatable bonds is 1. The van der Waals surface area contributed by atoms with Gasteiger partial charge in [-0.1, -0.05) is 0 Å². The third kappa shape index (κ3) is 1.23. The lowest BCUT2D eigenvalue weighted by atomic mass is 10.0. The zero-order valence-corrected chi connectivity index (χ0v) is 8.20. The fourth-order valence-electron chi connectivity index (χ4n) is 1.48. The number of fused-ring (bicyclic) bond motifs is 1. The minimum Gasteiger partial charge on any atom is -0.482 e. The largest absolute Gasteiger partial charge is 0.482 e. The number of thiophene rings is 1. The van der Waals surface area contributed by atoms with Gasteiger partial charge in [-0.05, 0) is 31.3 Å². The van der Waals surface area contributed by atoms with E-state index in [0.29, 0.717) is 6.04 Å². The first-order valence-electron chi connectivity index (χ1n) is 4.18. The second kappa shape index (κ2) is 3.07. The Bertz CT molecular complexity index is 282. The molecule has 2 heterocycles. The van der Waals surface area contributed by atoms with Gasteiger partial charge in [-0.25, -0.2) is 0 Å². The summed E-state index contributed by atoms with van der Waals surface area (Å²) in [5.41, 5.74) is 2.76. The highest BCUT2D eigenvalue weighted by molar-refractivity contribution is 7.12. The van der Waals surface area contributed by atoms with E-state index in [0.717, 1.165) is 18.1 Å². The molecule has 0 aromatic carbocycles. The van der Waals surface area contributed by atoms with Crippen LogP contribution in [0, 0.1) is 6.92 Å². The maximum Gasteiger partial charge on any atom is 0.177 e. The van der Waals surface area contributed by atoms with Crippen molar-refractivity contribution in [3.05, 3.63) is 16.5 Å². The van der Waals surface area contributed by atoms with E-state index in [4.69, 9.17) is 4.74 Å². The molecule has 66 valence electrons. The molecule has 0 fully saturated rings. The molecule has 2 rings (SSSR count). The average molecular weight is 183 g/mol. The van der Waals surface area contributed by atoms with Crippen LogP contribution >= 0.6 is 11.3 Å². The lowest BCUT2D eigenvalue weighted by Crippen LogP contribution is -2.36. The van der Waals surface area contributed by atoms with Gasteiger partial charge in [0, 0.05) is 11.6 Å². The van der Waals surface area contributed by atoms with Gasteiger partial charge >= 0.3 is 0 Å². The summed E-state index contributed by atoms with van der Waals surface area (Å²) >= 11 is 1.71. The highest BCUT2D eigenvalue weighted by atomic mass is 32.1. The summed E-state index contributed by atoms with van der Waals surface area (Å²) in [6.07, 6.45) is 1.11. The minimum absolute atomic E-state index is 0.491. The number of aryl methyl sites for hydroxylation is 1. The van der Waals surface area contributed by atoms with Crippen LogP contribution in [0.15, 0.2) is 5.38 Å². The molecule has 0 bridgehead atoms. The van der Waals surface area contributed by atoms with Crippen molar-refractivity contribution in [2.45, 2.75) is 19.4 Å². The van der Waals surface area contributed by atoms with Crippen LogP contribution < -0.4 is 10.1 Å². The molecule has 1 atom stereocenters. The Labute approximate surface area is 76.6 Å². The van der Waals surface area contributed by atoms with E-state index < -0.39 is 0 Å². The maximum atomic E-state index is 5.60. The summed E-state index contributed by atoms with van der Waals surface area (Å²) in [6.45, 7) is 2.96. The average Bonchev–Trinajstić information content (AvgIpc) is 2.47. The van der Waals surface area contributed by atoms with Gasteiger partial charge in [-0.3, -0.25) is 0 Å². The summed E-state index contributed by atoms with van der Waals surface area (Å²) in [6, 6.07) is 0.491. The van der Waals surface area contributed by atoms with Crippen molar-refractivity contribution in [2.24, 2.45) is 0 Å². The highest BCUT2D eigenvalue weighted by Gasteiger charge is 2.21. The first kappa shape index (κ1) is 8.08. The molecule has 0 saturated heterocycles. The van der Waals surface area contributed by atoms with Gasteiger partial charge in [0.15, 0.2) is 5.06 Å². The van der Waals surface area contributed by atoms with Gasteiger partial charge in [0.1, 0.15) is 6.61 Å². The SMILES string of the molecule is CNC1COc2scc(C)c2C1. The second-order valence-corrected chi connectivity index (χ2v) is 4.03. The van der Waals surface area contributed by atoms with Crippen molar-refractivity contribution in [3.8, 4) is 5.06 Å². The first-order valence-corrected chi connectivity index (χ1v) is 5.06. The fourth-order valence-corrected chi connectivity index (χ4v) is 2.43. The van der Waals surface area contributed by atoms with Crippen molar-refractivity contribution >= 4 is 11.3 Å². The molecule has 0 amide bonds. The molecule has 2 nitrogen and oxygen atoms in total. The molecule has 0 spiro atoms. The second-order valence-electron chi connectivity index (χ2n) is 3.19. The van der Waals surface area contributed by atoms with Gasteiger partial charge in [0.2, 0.25) is 0 Å². The Morgan fingerprint density at radius 3 is 3.25 bits per heavy atom. The minimum atomic E-state index is 0.491. The molecular weight excluding hydrogens is 170 g/mol. The number of likely N-dealkylation sites (N-methyl/N-ethyl adjacent to an activating group) is 1. The van der Waals surface area contributed by atoms with Gasteiger partial charge in [0.05, 0.1) is 0 Å². The first-order chi connectivity index (χ1) is 5.81. The van der Waals surface area contributed by atoms with Crippen LogP contribution in [0.1, 0.15) is 11.1 Å². The lowest BCUT2D eigenvalue weighted by molar-refractivity contribution is 0.253. The van der Waals surface area contributed by atoms with Gasteiger partial charge < -0.3 is 10.1 Å². The Kier molecular flexibility index (Phi) is 2.07. The number of hydrogen-bond donors (Lipinski definition) is 1. The van der Waals surface area contributed by atoms with E-state index in [1.165, 1.54) is 11.1 Å². The molecule has 1 aliphatic heterocycles. The number of hydrogen-bond acceptors (Lipinski definition) is 3. The summed E-state index contributed by atoms with van der Waals surface area (Å²) in [7, 11) is 1.99. The van der Waals surface area contributed by atoms with Crippen LogP contribution in [-0.4, -0.2) is 19.7 Å². The normalized spacial score (nSPS) is 21.7. The van der Waals surface area contributed by atoms with E-state index in [2.05, 4.69) is 17.6 Å². The molecule has 1 unspecified atom stereocenters. The Hall–Kier alpha value is -0.540. The number of nitrogens with one attached hydrogen (secondary N) is 1. The van der Waals surface area contributed by atoms with Crippen LogP contribution in [0.25, 0.3) is 0 Å². The highest BCUT2D eigenvalue weighted by Crippen LogP contribution is 2.33. The predicted octanol–water partition coefficient (Wildman–Crippen LogP) is 1.58. The van der Waals surface area contributed by atoms with Gasteiger partial charge in [-0.15, -0.1) is 11.3 Å². The molecule has 1 aliphatic rings. The van der Waals surface area contributed by atoms with Crippen LogP contribution in [0.4, 0.5) is 0 Å². The van der Waals surface area contributed by atoms with E-state index >= 15 is 0 Å². The van der Waals surface area contributed by atoms with E-state index in [1.54, 1.807) is 11.3 Å². The maximum absolute atomic E-state index is 5.60. The van der Waals surface area contributed by atoms with E-state index in [-0.39, 0.29) is 0 Å². The van der Waals surface area contributed by atoms with Gasteiger partial charge in [0.25, 0.3) is 0 Å². The third-order valence-electron chi connectivity index (χ3n) is 2.34. The molecule has 0 aliphatic carbocycles. The fraction of sp³-hybridized carbons (Fsp3) is 0.556. The topological polar surface area (TPSA) is 21.3 Å². The molecular formula is C9H13NOS. The van der Waals surface area contributed by atoms with Crippen molar-refractivity contribution < 1.29 is 4.74 Å². The molecule has 0 radical (unpaired) electrons. The van der Waals surface area contributed by atoms with Gasteiger partial charge in [-0.2, -0.15) is 0 Å². The smallest absolute Gasteiger partial charge is 0.177 e. The molecule has 3 heteroatoms. The zero-order valence-electron chi connectivity index (χ0n) is 7.39. The Balaban J connectivity index is 2.26. The van der Waals surface area contributed by atoms with E-state index in [9.17, 15) is 0 Å². The Morgan fingerprint density at radius 1 is 1.67 bits per heavy atom. The number of ether oxygens (including phenoxy) is 1. The van der Waals surface area contributed by atoms with Crippen molar-refractivity contribution in [1.29, 1.82) is 0 Å². The molecule has 1 N–H and O–H groups in total. The summed E-state index contributed by atoms with van der Waals surface area (Å²) in [5, 5.41) is 6.53. The summed E-state index contributed by atoms with van der Waals surface area (Å²) in [4.78, 5) is 0. The lowest BCUT2D eigenvalue weighted by Gasteiger charge is -2.22. The summed E-state index contributed by atoms with van der Waals surface area (Å²) in [5.74, 6) is 0. The Morgan fingerprint density at radius 2 is 2.50 bits per heavy atom. The van der Waals surface area contributed by atoms with Crippen molar-refractivity contribution in [2.75, 3.05) is 13.7 Å². The zero-order chi connectivity index (χ0) is 8.55. The van der Waals surface area contributed by atoms with Crippen LogP contribution in [-0.2, 0) is 6.42 Å². The van der Waals surface area contributed by atoms with Crippen LogP contribution in [0.3, 0.4) is 0 Å². The molecule has 1 aromatic heterocycles. The van der Waals surface area contributed by atoms with Crippen LogP contribution in [0.2, 0.25) is 0 Å². The summed E-state index contributed by atoms with van der Waals surface area (Å²) < 4.78 is 5.60. The predicted molar refractivity (Wildman–Crippen MR) is 51.1 cm³/mol. The third-order valence-corrected chi connectivity index (χ3v) is 3.39. The van der Waals surface area contributed by atoms with Crippen LogP contribution in [0.5, 0.6) is 5.06 Å². The van der Waals surface area contributed by atoms with E-state index in [1.807, 2.05) is 7.05 Å².